The fourth-order valence-electron chi connectivity index (χ4n) is 14.4. The summed E-state index contributed by atoms with van der Waals surface area (Å²) >= 11 is 0. The molecule has 0 spiro atoms. The van der Waals surface area contributed by atoms with Crippen LogP contribution in [0.15, 0.2) is 24.3 Å². The molecule has 5 aliphatic carbocycles. The number of aliphatic hydroxyl groups is 1. The van der Waals surface area contributed by atoms with E-state index in [1.54, 1.807) is 0 Å². The second-order valence-electron chi connectivity index (χ2n) is 20.4. The number of aliphatic hydroxyl groups excluding tert-OH is 1. The molecular weight excluding hydrogens is 637 g/mol. The third-order valence-electron chi connectivity index (χ3n) is 17.4. The van der Waals surface area contributed by atoms with Crippen molar-refractivity contribution in [3.05, 3.63) is 24.3 Å². The first kappa shape index (κ1) is 42.1. The van der Waals surface area contributed by atoms with Crippen molar-refractivity contribution < 1.29 is 14.6 Å². The molecule has 1 N–H and O–H groups in total. The van der Waals surface area contributed by atoms with Gasteiger partial charge in [0.2, 0.25) is 0 Å². The number of esters is 1. The third kappa shape index (κ3) is 8.50. The third-order valence-corrected chi connectivity index (χ3v) is 17.4. The van der Waals surface area contributed by atoms with Gasteiger partial charge in [0.05, 0.1) is 6.10 Å². The van der Waals surface area contributed by atoms with Crippen LogP contribution in [0.25, 0.3) is 0 Å². The van der Waals surface area contributed by atoms with Crippen LogP contribution >= 0.6 is 0 Å². The zero-order valence-electron chi connectivity index (χ0n) is 35.3. The summed E-state index contributed by atoms with van der Waals surface area (Å²) < 4.78 is 6.17. The van der Waals surface area contributed by atoms with Crippen molar-refractivity contribution in [3.8, 4) is 0 Å². The fourth-order valence-corrected chi connectivity index (χ4v) is 14.4. The monoisotopic (exact) mass is 721 g/mol. The smallest absolute Gasteiger partial charge is 0.306 e. The van der Waals surface area contributed by atoms with Crippen LogP contribution in [0, 0.1) is 51.2 Å². The molecule has 0 heterocycles. The van der Waals surface area contributed by atoms with Gasteiger partial charge in [0.25, 0.3) is 0 Å². The number of hydrogen-bond acceptors (Lipinski definition) is 3. The van der Waals surface area contributed by atoms with E-state index in [9.17, 15) is 9.90 Å². The summed E-state index contributed by atoms with van der Waals surface area (Å²) in [6, 6.07) is 0. The van der Waals surface area contributed by atoms with Crippen LogP contribution in [-0.2, 0) is 9.53 Å². The molecule has 0 radical (unpaired) electrons. The van der Waals surface area contributed by atoms with Crippen LogP contribution in [0.2, 0.25) is 0 Å². The molecule has 0 saturated heterocycles. The average Bonchev–Trinajstić information content (AvgIpc) is 3.45. The Bertz CT molecular complexity index is 1190. The molecule has 0 aromatic rings. The van der Waals surface area contributed by atoms with Gasteiger partial charge in [-0.15, -0.1) is 0 Å². The molecule has 5 rings (SSSR count). The Kier molecular flexibility index (Phi) is 14.8. The molecular formula is C49H84O3. The van der Waals surface area contributed by atoms with Gasteiger partial charge in [-0.3, -0.25) is 4.79 Å². The number of ether oxygens (including phenoxy) is 1. The number of unbranched alkanes of at least 4 members (excludes halogenated alkanes) is 16. The number of carbonyl (C=O) groups is 1. The zero-order valence-corrected chi connectivity index (χ0v) is 35.3. The second-order valence-corrected chi connectivity index (χ2v) is 20.4. The van der Waals surface area contributed by atoms with Gasteiger partial charge in [0.1, 0.15) is 6.10 Å². The second kappa shape index (κ2) is 18.2. The van der Waals surface area contributed by atoms with Crippen molar-refractivity contribution >= 4 is 5.97 Å². The summed E-state index contributed by atoms with van der Waals surface area (Å²) in [6.07, 6.45) is 33.2. The Hall–Kier alpha value is -1.09. The first-order valence-corrected chi connectivity index (χ1v) is 23.0. The van der Waals surface area contributed by atoms with Crippen molar-refractivity contribution in [2.75, 3.05) is 0 Å². The van der Waals surface area contributed by atoms with E-state index in [0.29, 0.717) is 29.6 Å². The van der Waals surface area contributed by atoms with Crippen LogP contribution in [0.1, 0.15) is 215 Å². The molecule has 0 aliphatic heterocycles. The molecule has 5 fully saturated rings. The highest BCUT2D eigenvalue weighted by Crippen LogP contribution is 2.77. The van der Waals surface area contributed by atoms with Crippen molar-refractivity contribution in [1.29, 1.82) is 0 Å². The summed E-state index contributed by atoms with van der Waals surface area (Å²) in [7, 11) is 0. The van der Waals surface area contributed by atoms with E-state index in [1.165, 1.54) is 140 Å². The molecule has 52 heavy (non-hydrogen) atoms. The molecule has 5 aliphatic rings. The molecule has 0 unspecified atom stereocenters. The maximum Gasteiger partial charge on any atom is 0.306 e. The highest BCUT2D eigenvalue weighted by atomic mass is 16.5. The summed E-state index contributed by atoms with van der Waals surface area (Å²) in [5.41, 5.74) is 3.12. The topological polar surface area (TPSA) is 46.5 Å². The highest BCUT2D eigenvalue weighted by Gasteiger charge is 2.71. The van der Waals surface area contributed by atoms with E-state index in [4.69, 9.17) is 4.74 Å². The van der Waals surface area contributed by atoms with Gasteiger partial charge in [-0.25, -0.2) is 0 Å². The van der Waals surface area contributed by atoms with Crippen LogP contribution in [0.3, 0.4) is 0 Å². The fraction of sp³-hybridized carbons (Fsp3) is 0.898. The summed E-state index contributed by atoms with van der Waals surface area (Å²) in [4.78, 5) is 13.1. The van der Waals surface area contributed by atoms with E-state index >= 15 is 0 Å². The number of fused-ring (bicyclic) bond motifs is 7. The molecule has 298 valence electrons. The molecule has 0 bridgehead atoms. The minimum Gasteiger partial charge on any atom is -0.458 e. The Labute approximate surface area is 322 Å². The molecule has 5 saturated carbocycles. The standard InChI is InChI=1S/C49H84O3/c1-9-10-11-12-13-14-15-16-17-18-19-20-21-22-23-24-25-26-44(51)52-41-31-33-47(6)43-28-27-42-46(5)32-29-38(36(2)3)39(46)30-34-48(42,7)49(43,8)35-40(50)45(47)37(41)4/h38-43,45,50H,2,4,9-35H2,1,3,5-8H3/t38-,39-,40+,41-,42+,43+,45+,46-,47+,48+,49+/m0/s1. The molecule has 0 aromatic heterocycles. The number of hydrogen-bond donors (Lipinski definition) is 1. The van der Waals surface area contributed by atoms with Crippen molar-refractivity contribution in [2.24, 2.45) is 51.2 Å². The van der Waals surface area contributed by atoms with Gasteiger partial charge in [-0.1, -0.05) is 156 Å². The predicted octanol–water partition coefficient (Wildman–Crippen LogP) is 14.1. The lowest BCUT2D eigenvalue weighted by Crippen LogP contribution is -2.67. The largest absolute Gasteiger partial charge is 0.458 e. The lowest BCUT2D eigenvalue weighted by Gasteiger charge is -2.72. The first-order chi connectivity index (χ1) is 24.8. The molecule has 3 nitrogen and oxygen atoms in total. The van der Waals surface area contributed by atoms with Crippen molar-refractivity contribution in [1.82, 2.24) is 0 Å². The first-order valence-electron chi connectivity index (χ1n) is 23.0. The molecule has 3 heteroatoms. The molecule has 11 atom stereocenters. The zero-order chi connectivity index (χ0) is 37.6. The maximum absolute atomic E-state index is 13.1. The van der Waals surface area contributed by atoms with Gasteiger partial charge in [0.15, 0.2) is 0 Å². The van der Waals surface area contributed by atoms with Crippen LogP contribution in [0.5, 0.6) is 0 Å². The highest BCUT2D eigenvalue weighted by molar-refractivity contribution is 5.69. The summed E-state index contributed by atoms with van der Waals surface area (Å²) in [6.45, 7) is 23.9. The lowest BCUT2D eigenvalue weighted by molar-refractivity contribution is -0.247. The quantitative estimate of drug-likeness (QED) is 0.0774. The normalized spacial score (nSPS) is 39.7. The van der Waals surface area contributed by atoms with Crippen LogP contribution in [0.4, 0.5) is 0 Å². The maximum atomic E-state index is 13.1. The van der Waals surface area contributed by atoms with Crippen LogP contribution < -0.4 is 0 Å². The van der Waals surface area contributed by atoms with Gasteiger partial charge in [-0.2, -0.15) is 0 Å². The molecule has 0 amide bonds. The average molecular weight is 721 g/mol. The van der Waals surface area contributed by atoms with Crippen molar-refractivity contribution in [2.45, 2.75) is 227 Å². The Morgan fingerprint density at radius 2 is 1.19 bits per heavy atom. The minimum atomic E-state index is -0.418. The number of allylic oxidation sites excluding steroid dienone is 1. The lowest BCUT2D eigenvalue weighted by atomic mass is 9.32. The van der Waals surface area contributed by atoms with Gasteiger partial charge in [-0.05, 0) is 122 Å². The minimum absolute atomic E-state index is 0.00160. The van der Waals surface area contributed by atoms with E-state index in [2.05, 4.69) is 54.7 Å². The van der Waals surface area contributed by atoms with Crippen LogP contribution in [-0.4, -0.2) is 23.3 Å². The predicted molar refractivity (Wildman–Crippen MR) is 220 cm³/mol. The van der Waals surface area contributed by atoms with E-state index in [-0.39, 0.29) is 34.2 Å². The molecule has 0 aromatic carbocycles. The Morgan fingerprint density at radius 3 is 1.73 bits per heavy atom. The van der Waals surface area contributed by atoms with E-state index in [0.717, 1.165) is 43.6 Å². The number of carbonyl (C=O) groups excluding carboxylic acids is 1. The van der Waals surface area contributed by atoms with Gasteiger partial charge >= 0.3 is 5.97 Å². The van der Waals surface area contributed by atoms with Gasteiger partial charge < -0.3 is 9.84 Å². The number of rotatable bonds is 20. The van der Waals surface area contributed by atoms with E-state index in [1.807, 2.05) is 0 Å². The summed E-state index contributed by atoms with van der Waals surface area (Å²) in [5, 5.41) is 12.1. The summed E-state index contributed by atoms with van der Waals surface area (Å²) in [5.74, 6) is 2.70. The SMILES string of the molecule is C=C1[C@@H](OC(=O)CCCCCCCCCCCCCCCCCCC)CC[C@@]2(C)[C@H]1[C@H](O)C[C@]1(C)[C@@H]2CC[C@@H]2[C@@]3(C)CC[C@@H](C(=C)C)[C@@H]3CC[C@]21C. The Balaban J connectivity index is 1.01. The van der Waals surface area contributed by atoms with Crippen molar-refractivity contribution in [3.63, 3.8) is 0 Å². The van der Waals surface area contributed by atoms with E-state index < -0.39 is 6.10 Å². The van der Waals surface area contributed by atoms with Gasteiger partial charge in [0, 0.05) is 12.3 Å². The Morgan fingerprint density at radius 1 is 0.692 bits per heavy atom.